The summed E-state index contributed by atoms with van der Waals surface area (Å²) in [5.74, 6) is -0.974. The number of benzene rings is 1. The van der Waals surface area contributed by atoms with Crippen LogP contribution in [-0.2, 0) is 17.8 Å². The summed E-state index contributed by atoms with van der Waals surface area (Å²) >= 11 is 0. The Labute approximate surface area is 155 Å². The molecule has 1 aromatic rings. The van der Waals surface area contributed by atoms with Crippen LogP contribution in [0, 0.1) is 0 Å². The van der Waals surface area contributed by atoms with Crippen molar-refractivity contribution in [3.05, 3.63) is 35.4 Å². The second-order valence-electron chi connectivity index (χ2n) is 6.64. The van der Waals surface area contributed by atoms with Crippen molar-refractivity contribution in [2.24, 2.45) is 5.73 Å². The number of carbonyl (C=O) groups is 1. The number of nitrogens with zero attached hydrogens (tertiary/aromatic N) is 1. The summed E-state index contributed by atoms with van der Waals surface area (Å²) in [7, 11) is -1.10. The van der Waals surface area contributed by atoms with Crippen LogP contribution in [0.3, 0.4) is 0 Å². The molecule has 2 rings (SSSR count). The highest BCUT2D eigenvalue weighted by Gasteiger charge is 2.26. The third-order valence-electron chi connectivity index (χ3n) is 4.53. The van der Waals surface area contributed by atoms with Crippen LogP contribution in [-0.4, -0.2) is 63.5 Å². The molecule has 0 amide bonds. The quantitative estimate of drug-likeness (QED) is 0.423. The molecule has 1 aliphatic heterocycles. The highest BCUT2D eigenvalue weighted by molar-refractivity contribution is 6.40. The van der Waals surface area contributed by atoms with Gasteiger partial charge >= 0.3 is 13.1 Å². The molecule has 146 valence electrons. The average molecular weight is 366 g/mol. The van der Waals surface area contributed by atoms with Gasteiger partial charge in [0.1, 0.15) is 6.04 Å². The number of aliphatic carboxylic acids is 1. The molecule has 2 atom stereocenters. The minimum absolute atomic E-state index is 0.0518. The number of nitrogens with two attached hydrogens (primary N) is 1. The average Bonchev–Trinajstić information content (AvgIpc) is 2.63. The number of unbranched alkanes of at least 4 members (excludes halogenated alkanes) is 1. The molecule has 0 fully saturated rings. The van der Waals surface area contributed by atoms with Gasteiger partial charge in [0.15, 0.2) is 0 Å². The van der Waals surface area contributed by atoms with E-state index in [9.17, 15) is 9.90 Å². The van der Waals surface area contributed by atoms with Crippen molar-refractivity contribution in [1.29, 1.82) is 0 Å². The predicted molar refractivity (Wildman–Crippen MR) is 102 cm³/mol. The maximum atomic E-state index is 10.7. The molecule has 0 unspecified atom stereocenters. The summed E-state index contributed by atoms with van der Waals surface area (Å²) in [6.45, 7) is 3.43. The molecule has 0 saturated carbocycles. The highest BCUT2D eigenvalue weighted by Crippen LogP contribution is 2.23. The molecule has 0 saturated heterocycles. The molecule has 1 heterocycles. The van der Waals surface area contributed by atoms with Crippen LogP contribution in [0.2, 0.25) is 6.32 Å². The Morgan fingerprint density at radius 1 is 1.35 bits per heavy atom. The van der Waals surface area contributed by atoms with E-state index < -0.39 is 19.1 Å². The van der Waals surface area contributed by atoms with E-state index in [1.807, 2.05) is 19.1 Å². The second kappa shape index (κ2) is 12.0. The summed E-state index contributed by atoms with van der Waals surface area (Å²) in [5, 5.41) is 34.7. The summed E-state index contributed by atoms with van der Waals surface area (Å²) in [6, 6.07) is 7.38. The van der Waals surface area contributed by atoms with Gasteiger partial charge < -0.3 is 26.0 Å². The van der Waals surface area contributed by atoms with Crippen LogP contribution in [0.15, 0.2) is 24.3 Å². The molecule has 0 radical (unpaired) electrons. The lowest BCUT2D eigenvalue weighted by molar-refractivity contribution is -0.138. The third kappa shape index (κ3) is 7.84. The Kier molecular flexibility index (Phi) is 10.5. The van der Waals surface area contributed by atoms with E-state index >= 15 is 0 Å². The zero-order chi connectivity index (χ0) is 19.5. The number of aliphatic hydroxyl groups is 1. The van der Waals surface area contributed by atoms with E-state index in [0.717, 1.165) is 25.8 Å². The van der Waals surface area contributed by atoms with E-state index in [1.54, 1.807) is 0 Å². The van der Waals surface area contributed by atoms with Crippen molar-refractivity contribution < 1.29 is 25.1 Å². The van der Waals surface area contributed by atoms with Crippen LogP contribution < -0.4 is 5.73 Å². The minimum Gasteiger partial charge on any atom is -0.480 e. The minimum atomic E-state index is -1.10. The van der Waals surface area contributed by atoms with E-state index in [-0.39, 0.29) is 12.6 Å². The molecule has 0 spiro atoms. The monoisotopic (exact) mass is 366 g/mol. The van der Waals surface area contributed by atoms with Gasteiger partial charge in [0, 0.05) is 19.1 Å². The van der Waals surface area contributed by atoms with E-state index in [1.165, 1.54) is 11.1 Å². The Bertz CT molecular complexity index is 544. The normalized spacial score (nSPS) is 17.7. The zero-order valence-corrected chi connectivity index (χ0v) is 15.4. The molecule has 0 bridgehead atoms. The number of hydrogen-bond acceptors (Lipinski definition) is 6. The lowest BCUT2D eigenvalue weighted by Crippen LogP contribution is -2.45. The number of carboxylic acids is 1. The topological polar surface area (TPSA) is 127 Å². The molecular formula is C18H31BN2O5. The lowest BCUT2D eigenvalue weighted by Gasteiger charge is -2.36. The Morgan fingerprint density at radius 3 is 2.50 bits per heavy atom. The third-order valence-corrected chi connectivity index (χ3v) is 4.53. The predicted octanol–water partition coefficient (Wildman–Crippen LogP) is 0.467. The largest absolute Gasteiger partial charge is 0.480 e. The van der Waals surface area contributed by atoms with Crippen molar-refractivity contribution in [3.8, 4) is 0 Å². The van der Waals surface area contributed by atoms with Crippen LogP contribution in [0.4, 0.5) is 0 Å². The first kappa shape index (κ1) is 22.6. The maximum absolute atomic E-state index is 10.7. The van der Waals surface area contributed by atoms with Gasteiger partial charge in [0.2, 0.25) is 0 Å². The molecule has 26 heavy (non-hydrogen) atoms. The maximum Gasteiger partial charge on any atom is 0.451 e. The SMILES string of the molecule is CCCCB(O)O.N[C@H](CCN1Cc2ccccc2C[C@H]1CO)C(=O)O. The molecule has 0 aliphatic carbocycles. The Morgan fingerprint density at radius 2 is 2.00 bits per heavy atom. The number of carboxylic acid groups (broad SMARTS) is 1. The summed E-state index contributed by atoms with van der Waals surface area (Å²) in [4.78, 5) is 12.8. The summed E-state index contributed by atoms with van der Waals surface area (Å²) < 4.78 is 0. The molecular weight excluding hydrogens is 335 g/mol. The summed E-state index contributed by atoms with van der Waals surface area (Å²) in [6.07, 6.45) is 3.63. The fourth-order valence-corrected chi connectivity index (χ4v) is 2.90. The molecule has 0 aromatic heterocycles. The fraction of sp³-hybridized carbons (Fsp3) is 0.611. The van der Waals surface area contributed by atoms with E-state index in [0.29, 0.717) is 19.3 Å². The van der Waals surface area contributed by atoms with Crippen molar-refractivity contribution in [2.45, 2.75) is 57.6 Å². The Balaban J connectivity index is 0.000000412. The van der Waals surface area contributed by atoms with Crippen LogP contribution >= 0.6 is 0 Å². The molecule has 8 heteroatoms. The molecule has 7 nitrogen and oxygen atoms in total. The van der Waals surface area contributed by atoms with Crippen LogP contribution in [0.1, 0.15) is 37.3 Å². The van der Waals surface area contributed by atoms with Crippen molar-refractivity contribution in [1.82, 2.24) is 4.90 Å². The molecule has 6 N–H and O–H groups in total. The first-order chi connectivity index (χ1) is 12.4. The number of hydrogen-bond donors (Lipinski definition) is 5. The van der Waals surface area contributed by atoms with Gasteiger partial charge in [0.05, 0.1) is 6.61 Å². The van der Waals surface area contributed by atoms with Gasteiger partial charge in [-0.2, -0.15) is 0 Å². The fourth-order valence-electron chi connectivity index (χ4n) is 2.90. The standard InChI is InChI=1S/C14H20N2O3.C4H11BO2/c15-13(14(18)19)5-6-16-8-11-4-2-1-3-10(11)7-12(16)9-17;1-2-3-4-5(6)7/h1-4,12-13,17H,5-9,15H2,(H,18,19);6-7H,2-4H2,1H3/t12-,13+;/m0./s1. The van der Waals surface area contributed by atoms with Crippen molar-refractivity contribution in [3.63, 3.8) is 0 Å². The van der Waals surface area contributed by atoms with Gasteiger partial charge in [-0.25, -0.2) is 0 Å². The van der Waals surface area contributed by atoms with Crippen LogP contribution in [0.25, 0.3) is 0 Å². The number of rotatable bonds is 8. The van der Waals surface area contributed by atoms with Gasteiger partial charge in [0.25, 0.3) is 0 Å². The highest BCUT2D eigenvalue weighted by atomic mass is 16.4. The summed E-state index contributed by atoms with van der Waals surface area (Å²) in [5.41, 5.74) is 8.04. The van der Waals surface area contributed by atoms with Gasteiger partial charge in [-0.05, 0) is 30.3 Å². The number of aliphatic hydroxyl groups excluding tert-OH is 1. The number of fused-ring (bicyclic) bond motifs is 1. The van der Waals surface area contributed by atoms with Gasteiger partial charge in [-0.1, -0.05) is 44.0 Å². The zero-order valence-electron chi connectivity index (χ0n) is 15.4. The van der Waals surface area contributed by atoms with Crippen molar-refractivity contribution >= 4 is 13.1 Å². The smallest absolute Gasteiger partial charge is 0.451 e. The van der Waals surface area contributed by atoms with Gasteiger partial charge in [-0.15, -0.1) is 0 Å². The molecule has 1 aromatic carbocycles. The Hall–Kier alpha value is -1.45. The van der Waals surface area contributed by atoms with E-state index in [4.69, 9.17) is 20.9 Å². The van der Waals surface area contributed by atoms with Gasteiger partial charge in [-0.3, -0.25) is 9.69 Å². The first-order valence-corrected chi connectivity index (χ1v) is 9.15. The molecule has 1 aliphatic rings. The first-order valence-electron chi connectivity index (χ1n) is 9.15. The second-order valence-corrected chi connectivity index (χ2v) is 6.64. The van der Waals surface area contributed by atoms with E-state index in [2.05, 4.69) is 17.0 Å². The lowest BCUT2D eigenvalue weighted by atomic mass is 9.84. The van der Waals surface area contributed by atoms with Crippen LogP contribution in [0.5, 0.6) is 0 Å². The van der Waals surface area contributed by atoms with Crippen molar-refractivity contribution in [2.75, 3.05) is 13.2 Å².